The van der Waals surface area contributed by atoms with Crippen molar-refractivity contribution < 1.29 is 9.18 Å². The third-order valence-corrected chi connectivity index (χ3v) is 7.53. The van der Waals surface area contributed by atoms with E-state index < -0.39 is 6.04 Å². The Bertz CT molecular complexity index is 1610. The van der Waals surface area contributed by atoms with Crippen LogP contribution < -0.4 is 20.2 Å². The summed E-state index contributed by atoms with van der Waals surface area (Å²) in [6.07, 6.45) is 1.66. The molecule has 1 atom stereocenters. The molecule has 34 heavy (non-hydrogen) atoms. The van der Waals surface area contributed by atoms with Crippen molar-refractivity contribution >= 4 is 40.3 Å². The number of halogens is 1. The summed E-state index contributed by atoms with van der Waals surface area (Å²) in [5.41, 5.74) is 2.96. The van der Waals surface area contributed by atoms with Crippen molar-refractivity contribution in [2.75, 3.05) is 5.32 Å². The molecule has 170 valence electrons. The number of amides is 1. The minimum atomic E-state index is -0.602. The molecule has 2 aromatic heterocycles. The van der Waals surface area contributed by atoms with Crippen LogP contribution in [0.3, 0.4) is 0 Å². The lowest BCUT2D eigenvalue weighted by molar-refractivity contribution is -0.113. The monoisotopic (exact) mass is 489 g/mol. The molecule has 8 heteroatoms. The maximum atomic E-state index is 13.7. The Kier molecular flexibility index (Phi) is 5.85. The summed E-state index contributed by atoms with van der Waals surface area (Å²) in [5.74, 6) is -0.669. The molecule has 5 nitrogen and oxygen atoms in total. The van der Waals surface area contributed by atoms with Gasteiger partial charge in [0.25, 0.3) is 11.5 Å². The van der Waals surface area contributed by atoms with E-state index in [0.717, 1.165) is 10.4 Å². The number of allylic oxidation sites excluding steroid dienone is 1. The number of nitrogens with one attached hydrogen (secondary N) is 1. The molecule has 1 aliphatic rings. The molecule has 0 aliphatic carbocycles. The van der Waals surface area contributed by atoms with Crippen molar-refractivity contribution in [2.24, 2.45) is 4.99 Å². The SMILES string of the molecule is CC1=C(C(=O)Nc2ccccc2C)C(c2cccs2)n2c(s/c(=C/c3cccc(F)c3)c2=O)=N1. The third-order valence-electron chi connectivity index (χ3n) is 5.62. The van der Waals surface area contributed by atoms with Crippen LogP contribution in [-0.2, 0) is 4.79 Å². The summed E-state index contributed by atoms with van der Waals surface area (Å²) in [7, 11) is 0. The Morgan fingerprint density at radius 2 is 1.94 bits per heavy atom. The van der Waals surface area contributed by atoms with Gasteiger partial charge < -0.3 is 5.32 Å². The van der Waals surface area contributed by atoms with Crippen molar-refractivity contribution in [1.29, 1.82) is 0 Å². The predicted octanol–water partition coefficient (Wildman–Crippen LogP) is 4.38. The first-order valence-electron chi connectivity index (χ1n) is 10.6. The molecule has 3 heterocycles. The first-order valence-corrected chi connectivity index (χ1v) is 12.3. The highest BCUT2D eigenvalue weighted by Crippen LogP contribution is 2.33. The number of anilines is 1. The zero-order valence-electron chi connectivity index (χ0n) is 18.4. The average Bonchev–Trinajstić information content (AvgIpc) is 3.43. The Morgan fingerprint density at radius 1 is 1.12 bits per heavy atom. The summed E-state index contributed by atoms with van der Waals surface area (Å²) >= 11 is 2.71. The fourth-order valence-electron chi connectivity index (χ4n) is 3.98. The molecule has 0 saturated heterocycles. The number of hydrogen-bond acceptors (Lipinski definition) is 5. The van der Waals surface area contributed by atoms with Gasteiger partial charge in [0.05, 0.1) is 15.8 Å². The van der Waals surface area contributed by atoms with Crippen LogP contribution in [0.1, 0.15) is 29.0 Å². The number of carbonyl (C=O) groups is 1. The standard InChI is InChI=1S/C26H20FN3O2S2/c1-15-7-3-4-10-19(15)29-24(31)22-16(2)28-26-30(23(22)20-11-6-12-33-20)25(32)21(34-26)14-17-8-5-9-18(27)13-17/h3-14,23H,1-2H3,(H,29,31)/b21-14+. The van der Waals surface area contributed by atoms with Crippen LogP contribution in [0.2, 0.25) is 0 Å². The predicted molar refractivity (Wildman–Crippen MR) is 134 cm³/mol. The molecular weight excluding hydrogens is 469 g/mol. The number of rotatable bonds is 4. The van der Waals surface area contributed by atoms with Gasteiger partial charge in [-0.1, -0.05) is 47.7 Å². The minimum Gasteiger partial charge on any atom is -0.322 e. The number of para-hydroxylation sites is 1. The zero-order valence-corrected chi connectivity index (χ0v) is 20.0. The van der Waals surface area contributed by atoms with Crippen LogP contribution in [0.4, 0.5) is 10.1 Å². The summed E-state index contributed by atoms with van der Waals surface area (Å²) in [5, 5.41) is 4.91. The fourth-order valence-corrected chi connectivity index (χ4v) is 5.85. The number of benzene rings is 2. The van der Waals surface area contributed by atoms with E-state index in [1.165, 1.54) is 34.8 Å². The van der Waals surface area contributed by atoms with Gasteiger partial charge in [-0.05, 0) is 60.7 Å². The number of thiazole rings is 1. The highest BCUT2D eigenvalue weighted by atomic mass is 32.1. The van der Waals surface area contributed by atoms with E-state index in [-0.39, 0.29) is 17.3 Å². The quantitative estimate of drug-likeness (QED) is 0.462. The van der Waals surface area contributed by atoms with Gasteiger partial charge >= 0.3 is 0 Å². The maximum Gasteiger partial charge on any atom is 0.271 e. The van der Waals surface area contributed by atoms with E-state index >= 15 is 0 Å². The van der Waals surface area contributed by atoms with Crippen molar-refractivity contribution in [1.82, 2.24) is 4.57 Å². The van der Waals surface area contributed by atoms with E-state index in [9.17, 15) is 14.0 Å². The lowest BCUT2D eigenvalue weighted by atomic mass is 10.0. The molecule has 0 saturated carbocycles. The fraction of sp³-hybridized carbons (Fsp3) is 0.115. The Balaban J connectivity index is 1.65. The van der Waals surface area contributed by atoms with Gasteiger partial charge in [0, 0.05) is 10.6 Å². The molecule has 2 aromatic carbocycles. The topological polar surface area (TPSA) is 63.5 Å². The Morgan fingerprint density at radius 3 is 2.68 bits per heavy atom. The van der Waals surface area contributed by atoms with E-state index in [1.54, 1.807) is 29.7 Å². The lowest BCUT2D eigenvalue weighted by Gasteiger charge is -2.24. The largest absolute Gasteiger partial charge is 0.322 e. The molecular formula is C26H20FN3O2S2. The molecule has 0 fully saturated rings. The summed E-state index contributed by atoms with van der Waals surface area (Å²) < 4.78 is 15.7. The van der Waals surface area contributed by atoms with Gasteiger partial charge in [-0.3, -0.25) is 14.2 Å². The normalized spacial score (nSPS) is 15.7. The molecule has 0 radical (unpaired) electrons. The average molecular weight is 490 g/mol. The second-order valence-corrected chi connectivity index (χ2v) is 9.91. The van der Waals surface area contributed by atoms with Crippen molar-refractivity contribution in [2.45, 2.75) is 19.9 Å². The zero-order chi connectivity index (χ0) is 23.8. The molecule has 0 bridgehead atoms. The van der Waals surface area contributed by atoms with E-state index in [0.29, 0.717) is 31.9 Å². The number of aryl methyl sites for hydroxylation is 1. The Labute approximate surface area is 202 Å². The van der Waals surface area contributed by atoms with E-state index in [1.807, 2.05) is 48.7 Å². The molecule has 1 unspecified atom stereocenters. The van der Waals surface area contributed by atoms with Gasteiger partial charge in [-0.2, -0.15) is 0 Å². The lowest BCUT2D eigenvalue weighted by Crippen LogP contribution is -2.40. The number of thiophene rings is 1. The summed E-state index contributed by atoms with van der Waals surface area (Å²) in [6.45, 7) is 3.71. The van der Waals surface area contributed by atoms with Crippen molar-refractivity contribution in [3.05, 3.63) is 119 Å². The van der Waals surface area contributed by atoms with Crippen LogP contribution in [0.15, 0.2) is 87.1 Å². The molecule has 1 amide bonds. The summed E-state index contributed by atoms with van der Waals surface area (Å²) in [6, 6.07) is 16.8. The number of nitrogens with zero attached hydrogens (tertiary/aromatic N) is 2. The Hall–Kier alpha value is -3.62. The van der Waals surface area contributed by atoms with E-state index in [2.05, 4.69) is 10.3 Å². The van der Waals surface area contributed by atoms with Crippen molar-refractivity contribution in [3.63, 3.8) is 0 Å². The third kappa shape index (κ3) is 4.06. The van der Waals surface area contributed by atoms with Crippen LogP contribution in [0.5, 0.6) is 0 Å². The van der Waals surface area contributed by atoms with Gasteiger partial charge in [-0.25, -0.2) is 9.38 Å². The first kappa shape index (κ1) is 22.2. The van der Waals surface area contributed by atoms with Gasteiger partial charge in [0.15, 0.2) is 4.80 Å². The molecule has 1 aliphatic heterocycles. The summed E-state index contributed by atoms with van der Waals surface area (Å²) in [4.78, 5) is 33.0. The number of carbonyl (C=O) groups excluding carboxylic acids is 1. The molecule has 1 N–H and O–H groups in total. The molecule has 0 spiro atoms. The van der Waals surface area contributed by atoms with Crippen molar-refractivity contribution in [3.8, 4) is 0 Å². The minimum absolute atomic E-state index is 0.264. The van der Waals surface area contributed by atoms with Crippen LogP contribution >= 0.6 is 22.7 Å². The smallest absolute Gasteiger partial charge is 0.271 e. The molecule has 4 aromatic rings. The highest BCUT2D eigenvalue weighted by molar-refractivity contribution is 7.10. The first-order chi connectivity index (χ1) is 16.4. The number of aromatic nitrogens is 1. The van der Waals surface area contributed by atoms with Gasteiger partial charge in [0.1, 0.15) is 11.9 Å². The van der Waals surface area contributed by atoms with Gasteiger partial charge in [-0.15, -0.1) is 11.3 Å². The second-order valence-electron chi connectivity index (χ2n) is 7.92. The van der Waals surface area contributed by atoms with Crippen LogP contribution in [0.25, 0.3) is 6.08 Å². The highest BCUT2D eigenvalue weighted by Gasteiger charge is 2.33. The maximum absolute atomic E-state index is 13.7. The van der Waals surface area contributed by atoms with Gasteiger partial charge in [0.2, 0.25) is 0 Å². The second kappa shape index (κ2) is 8.96. The van der Waals surface area contributed by atoms with Crippen LogP contribution in [0, 0.1) is 12.7 Å². The van der Waals surface area contributed by atoms with E-state index in [4.69, 9.17) is 0 Å². The number of fused-ring (bicyclic) bond motifs is 1. The number of hydrogen-bond donors (Lipinski definition) is 1. The van der Waals surface area contributed by atoms with Crippen LogP contribution in [-0.4, -0.2) is 10.5 Å². The molecule has 5 rings (SSSR count).